The third kappa shape index (κ3) is 5.44. The van der Waals surface area contributed by atoms with Crippen molar-refractivity contribution in [3.05, 3.63) is 65.8 Å². The van der Waals surface area contributed by atoms with Gasteiger partial charge in [-0.1, -0.05) is 11.6 Å². The molecule has 6 rings (SSSR count). The third-order valence-corrected chi connectivity index (χ3v) is 8.59. The standard InChI is InChI=1S/C33H38FN3O3/c1-33(2,3)40-31(38)13-20-5-8-25(9-6-20)37-18-22-14-21(15-23(22)19-37)29-17-28-26(11-12-35-32(28)36-29)27-16-24(34)7-10-30(27)39-4/h7,10-14,16-17,22-23,25H,5-6,8-9,15,18-19H2,1-4H3,(H,35,36). The van der Waals surface area contributed by atoms with Crippen LogP contribution in [0.5, 0.6) is 5.75 Å². The molecule has 1 aliphatic heterocycles. The number of hydrogen-bond donors (Lipinski definition) is 1. The molecule has 0 bridgehead atoms. The van der Waals surface area contributed by atoms with Gasteiger partial charge >= 0.3 is 5.97 Å². The zero-order valence-electron chi connectivity index (χ0n) is 23.8. The molecule has 3 aliphatic rings. The molecule has 2 aromatic heterocycles. The van der Waals surface area contributed by atoms with Gasteiger partial charge in [0.2, 0.25) is 0 Å². The predicted octanol–water partition coefficient (Wildman–Crippen LogP) is 6.92. The summed E-state index contributed by atoms with van der Waals surface area (Å²) in [6.45, 7) is 7.92. The number of nitrogens with one attached hydrogen (secondary N) is 1. The summed E-state index contributed by atoms with van der Waals surface area (Å²) in [5, 5.41) is 0.971. The van der Waals surface area contributed by atoms with Crippen LogP contribution in [0.3, 0.4) is 0 Å². The van der Waals surface area contributed by atoms with Crippen molar-refractivity contribution in [3.63, 3.8) is 0 Å². The number of aromatic amines is 1. The Morgan fingerprint density at radius 1 is 1.12 bits per heavy atom. The van der Waals surface area contributed by atoms with Crippen LogP contribution in [0.15, 0.2) is 54.3 Å². The Labute approximate surface area is 235 Å². The van der Waals surface area contributed by atoms with Gasteiger partial charge in [0.25, 0.3) is 0 Å². The van der Waals surface area contributed by atoms with Crippen LogP contribution >= 0.6 is 0 Å². The van der Waals surface area contributed by atoms with E-state index in [1.54, 1.807) is 25.4 Å². The number of carbonyl (C=O) groups is 1. The number of allylic oxidation sites excluding steroid dienone is 2. The number of likely N-dealkylation sites (tertiary alicyclic amines) is 1. The molecule has 1 saturated heterocycles. The first-order valence-corrected chi connectivity index (χ1v) is 14.4. The lowest BCUT2D eigenvalue weighted by Crippen LogP contribution is -2.36. The average Bonchev–Trinajstić information content (AvgIpc) is 3.61. The summed E-state index contributed by atoms with van der Waals surface area (Å²) in [4.78, 5) is 23.0. The topological polar surface area (TPSA) is 67.5 Å². The molecule has 2 aliphatic carbocycles. The molecule has 0 spiro atoms. The maximum absolute atomic E-state index is 14.1. The molecule has 2 atom stereocenters. The van der Waals surface area contributed by atoms with Crippen LogP contribution in [0.25, 0.3) is 27.7 Å². The normalized spacial score (nSPS) is 23.3. The van der Waals surface area contributed by atoms with Crippen LogP contribution in [0.4, 0.5) is 4.39 Å². The Hall–Kier alpha value is -3.45. The second kappa shape index (κ2) is 10.5. The Morgan fingerprint density at radius 2 is 1.93 bits per heavy atom. The van der Waals surface area contributed by atoms with E-state index < -0.39 is 5.60 Å². The van der Waals surface area contributed by atoms with Gasteiger partial charge < -0.3 is 14.5 Å². The highest BCUT2D eigenvalue weighted by Crippen LogP contribution is 2.44. The van der Waals surface area contributed by atoms with Gasteiger partial charge in [0, 0.05) is 48.0 Å². The maximum atomic E-state index is 14.1. The fraction of sp³-hybridized carbons (Fsp3) is 0.455. The number of ether oxygens (including phenoxy) is 2. The monoisotopic (exact) mass is 543 g/mol. The van der Waals surface area contributed by atoms with Gasteiger partial charge in [-0.2, -0.15) is 0 Å². The number of aromatic nitrogens is 2. The third-order valence-electron chi connectivity index (χ3n) is 8.59. The van der Waals surface area contributed by atoms with Crippen molar-refractivity contribution in [3.8, 4) is 16.9 Å². The molecular formula is C33H38FN3O3. The molecule has 1 aromatic carbocycles. The number of H-pyrrole nitrogens is 1. The van der Waals surface area contributed by atoms with Crippen molar-refractivity contribution in [2.45, 2.75) is 64.5 Å². The molecule has 0 amide bonds. The van der Waals surface area contributed by atoms with Gasteiger partial charge in [-0.15, -0.1) is 0 Å². The van der Waals surface area contributed by atoms with Crippen molar-refractivity contribution in [1.29, 1.82) is 0 Å². The number of esters is 1. The van der Waals surface area contributed by atoms with Crippen LogP contribution in [-0.4, -0.2) is 52.7 Å². The van der Waals surface area contributed by atoms with Crippen molar-refractivity contribution in [2.24, 2.45) is 11.8 Å². The molecule has 3 heterocycles. The number of nitrogens with zero attached hydrogens (tertiary/aromatic N) is 2. The Bertz CT molecular complexity index is 1490. The highest BCUT2D eigenvalue weighted by Gasteiger charge is 2.39. The van der Waals surface area contributed by atoms with E-state index in [0.717, 1.165) is 73.0 Å². The molecule has 40 heavy (non-hydrogen) atoms. The lowest BCUT2D eigenvalue weighted by atomic mass is 9.89. The van der Waals surface area contributed by atoms with E-state index in [2.05, 4.69) is 27.0 Å². The fourth-order valence-corrected chi connectivity index (χ4v) is 6.75. The van der Waals surface area contributed by atoms with Gasteiger partial charge in [0.15, 0.2) is 0 Å². The highest BCUT2D eigenvalue weighted by molar-refractivity contribution is 5.96. The second-order valence-corrected chi connectivity index (χ2v) is 12.5. The number of carbonyl (C=O) groups excluding carboxylic acids is 1. The van der Waals surface area contributed by atoms with Gasteiger partial charge in [-0.3, -0.25) is 4.90 Å². The van der Waals surface area contributed by atoms with Crippen LogP contribution < -0.4 is 4.74 Å². The summed E-state index contributed by atoms with van der Waals surface area (Å²) in [6.07, 6.45) is 11.1. The molecule has 7 heteroatoms. The zero-order chi connectivity index (χ0) is 28.0. The minimum Gasteiger partial charge on any atom is -0.496 e. The lowest BCUT2D eigenvalue weighted by Gasteiger charge is -2.32. The molecule has 2 unspecified atom stereocenters. The van der Waals surface area contributed by atoms with E-state index in [9.17, 15) is 9.18 Å². The van der Waals surface area contributed by atoms with E-state index >= 15 is 0 Å². The molecule has 1 N–H and O–H groups in total. The molecule has 0 radical (unpaired) electrons. The Morgan fingerprint density at radius 3 is 2.65 bits per heavy atom. The van der Waals surface area contributed by atoms with Crippen LogP contribution in [0, 0.1) is 17.7 Å². The summed E-state index contributed by atoms with van der Waals surface area (Å²) >= 11 is 0. The number of benzene rings is 1. The van der Waals surface area contributed by atoms with Gasteiger partial charge in [0.1, 0.15) is 22.8 Å². The van der Waals surface area contributed by atoms with Crippen LogP contribution in [0.2, 0.25) is 0 Å². The number of fused-ring (bicyclic) bond motifs is 2. The summed E-state index contributed by atoms with van der Waals surface area (Å²) in [5.74, 6) is 1.30. The minimum atomic E-state index is -0.453. The average molecular weight is 544 g/mol. The van der Waals surface area contributed by atoms with Gasteiger partial charge in [0.05, 0.1) is 7.11 Å². The van der Waals surface area contributed by atoms with Gasteiger partial charge in [-0.05, 0) is 106 Å². The summed E-state index contributed by atoms with van der Waals surface area (Å²) in [7, 11) is 1.61. The first kappa shape index (κ1) is 26.8. The number of pyridine rings is 1. The second-order valence-electron chi connectivity index (χ2n) is 12.5. The Kier molecular flexibility index (Phi) is 7.03. The van der Waals surface area contributed by atoms with E-state index in [4.69, 9.17) is 9.47 Å². The zero-order valence-corrected chi connectivity index (χ0v) is 23.8. The van der Waals surface area contributed by atoms with E-state index in [-0.39, 0.29) is 11.8 Å². The van der Waals surface area contributed by atoms with Crippen LogP contribution in [-0.2, 0) is 9.53 Å². The lowest BCUT2D eigenvalue weighted by molar-refractivity contribution is -0.148. The smallest absolute Gasteiger partial charge is 0.331 e. The van der Waals surface area contributed by atoms with Crippen molar-refractivity contribution in [2.75, 3.05) is 20.2 Å². The SMILES string of the molecule is COc1ccc(F)cc1-c1ccnc2[nH]c(C3=CC4CN(C5CCC(=CC(=O)OC(C)(C)C)CC5)CC4C3)cc12. The fourth-order valence-electron chi connectivity index (χ4n) is 6.75. The minimum absolute atomic E-state index is 0.219. The molecule has 2 fully saturated rings. The molecule has 210 valence electrons. The first-order valence-electron chi connectivity index (χ1n) is 14.4. The van der Waals surface area contributed by atoms with Crippen molar-refractivity contribution in [1.82, 2.24) is 14.9 Å². The highest BCUT2D eigenvalue weighted by atomic mass is 19.1. The largest absolute Gasteiger partial charge is 0.496 e. The van der Waals surface area contributed by atoms with E-state index in [1.807, 2.05) is 26.8 Å². The summed E-state index contributed by atoms with van der Waals surface area (Å²) < 4.78 is 25.1. The van der Waals surface area contributed by atoms with Crippen molar-refractivity contribution < 1.29 is 18.7 Å². The van der Waals surface area contributed by atoms with Gasteiger partial charge in [-0.25, -0.2) is 14.2 Å². The maximum Gasteiger partial charge on any atom is 0.331 e. The number of rotatable bonds is 5. The number of methoxy groups -OCH3 is 1. The first-order chi connectivity index (χ1) is 19.2. The van der Waals surface area contributed by atoms with E-state index in [1.165, 1.54) is 23.3 Å². The number of hydrogen-bond acceptors (Lipinski definition) is 5. The molecular weight excluding hydrogens is 505 g/mol. The Balaban J connectivity index is 1.13. The quantitative estimate of drug-likeness (QED) is 0.279. The summed E-state index contributed by atoms with van der Waals surface area (Å²) in [5.41, 5.74) is 5.64. The predicted molar refractivity (Wildman–Crippen MR) is 155 cm³/mol. The van der Waals surface area contributed by atoms with Crippen LogP contribution in [0.1, 0.15) is 58.6 Å². The van der Waals surface area contributed by atoms with Crippen molar-refractivity contribution >= 4 is 22.6 Å². The summed E-state index contributed by atoms with van der Waals surface area (Å²) in [6, 6.07) is 9.27. The number of halogens is 1. The van der Waals surface area contributed by atoms with E-state index in [0.29, 0.717) is 23.6 Å². The molecule has 3 aromatic rings. The molecule has 6 nitrogen and oxygen atoms in total. The molecule has 1 saturated carbocycles.